The Morgan fingerprint density at radius 1 is 0.971 bits per heavy atom. The molecule has 8 atom stereocenters. The summed E-state index contributed by atoms with van der Waals surface area (Å²) in [7, 11) is 0. The highest BCUT2D eigenvalue weighted by Crippen LogP contribution is 2.72. The summed E-state index contributed by atoms with van der Waals surface area (Å²) < 4.78 is 6.56. The van der Waals surface area contributed by atoms with E-state index in [-0.39, 0.29) is 39.3 Å². The van der Waals surface area contributed by atoms with Gasteiger partial charge in [-0.25, -0.2) is 0 Å². The first-order chi connectivity index (χ1) is 15.7. The summed E-state index contributed by atoms with van der Waals surface area (Å²) in [4.78, 5) is 12.9. The lowest BCUT2D eigenvalue weighted by atomic mass is 9.42. The molecule has 3 nitrogen and oxygen atoms in total. The molecule has 1 aliphatic heterocycles. The first-order valence-electron chi connectivity index (χ1n) is 14.0. The summed E-state index contributed by atoms with van der Waals surface area (Å²) in [5, 5.41) is 10.7. The molecule has 0 aromatic heterocycles. The number of allylic oxidation sites excluding steroid dienone is 4. The smallest absolute Gasteiger partial charge is 0.202 e. The highest BCUT2D eigenvalue weighted by molar-refractivity contribution is 5.99. The molecule has 1 N–H and O–H groups in total. The number of ether oxygens (including phenoxy) is 1. The highest BCUT2D eigenvalue weighted by Gasteiger charge is 2.65. The van der Waals surface area contributed by atoms with Crippen molar-refractivity contribution < 1.29 is 14.6 Å². The maximum Gasteiger partial charge on any atom is 0.202 e. The number of hydrogen-bond donors (Lipinski definition) is 1. The molecule has 5 aliphatic rings. The van der Waals surface area contributed by atoms with Crippen molar-refractivity contribution in [2.24, 2.45) is 51.2 Å². The van der Waals surface area contributed by atoms with Gasteiger partial charge in [0.15, 0.2) is 5.76 Å². The molecule has 3 heteroatoms. The predicted molar refractivity (Wildman–Crippen MR) is 137 cm³/mol. The van der Waals surface area contributed by atoms with E-state index < -0.39 is 5.41 Å². The molecule has 0 bridgehead atoms. The number of carbonyl (C=O) groups is 1. The summed E-state index contributed by atoms with van der Waals surface area (Å²) in [5.41, 5.74) is 1.37. The van der Waals surface area contributed by atoms with Crippen LogP contribution in [0.3, 0.4) is 0 Å². The molecule has 0 aromatic carbocycles. The number of hydrogen-bond acceptors (Lipinski definition) is 3. The van der Waals surface area contributed by atoms with Crippen LogP contribution in [0.1, 0.15) is 100 Å². The largest absolute Gasteiger partial charge is 0.505 e. The summed E-state index contributed by atoms with van der Waals surface area (Å²) in [5.74, 6) is 2.65. The number of ketones is 1. The zero-order valence-electron chi connectivity index (χ0n) is 23.0. The molecule has 4 aliphatic carbocycles. The van der Waals surface area contributed by atoms with Gasteiger partial charge < -0.3 is 9.84 Å². The van der Waals surface area contributed by atoms with Crippen LogP contribution in [0.5, 0.6) is 0 Å². The highest BCUT2D eigenvalue weighted by atomic mass is 16.5. The van der Waals surface area contributed by atoms with Crippen molar-refractivity contribution in [3.8, 4) is 0 Å². The molecular weight excluding hydrogens is 420 g/mol. The number of fused-ring (bicyclic) bond motifs is 5. The van der Waals surface area contributed by atoms with Gasteiger partial charge in [-0.2, -0.15) is 0 Å². The minimum Gasteiger partial charge on any atom is -0.505 e. The minimum atomic E-state index is -0.512. The van der Waals surface area contributed by atoms with E-state index in [4.69, 9.17) is 4.74 Å². The fourth-order valence-electron chi connectivity index (χ4n) is 9.74. The van der Waals surface area contributed by atoms with Crippen LogP contribution in [0.4, 0.5) is 0 Å². The normalized spacial score (nSPS) is 50.2. The van der Waals surface area contributed by atoms with E-state index in [0.29, 0.717) is 23.7 Å². The van der Waals surface area contributed by atoms with Crippen LogP contribution in [0.2, 0.25) is 0 Å². The first kappa shape index (κ1) is 24.6. The van der Waals surface area contributed by atoms with Gasteiger partial charge in [0.25, 0.3) is 0 Å². The third-order valence-electron chi connectivity index (χ3n) is 12.6. The molecule has 1 saturated heterocycles. The van der Waals surface area contributed by atoms with E-state index in [9.17, 15) is 9.90 Å². The maximum absolute atomic E-state index is 12.9. The summed E-state index contributed by atoms with van der Waals surface area (Å²) in [6.07, 6.45) is 12.9. The monoisotopic (exact) mass is 468 g/mol. The average molecular weight is 469 g/mol. The Morgan fingerprint density at radius 2 is 1.68 bits per heavy atom. The van der Waals surface area contributed by atoms with Crippen LogP contribution < -0.4 is 0 Å². The summed E-state index contributed by atoms with van der Waals surface area (Å²) in [6.45, 7) is 19.4. The van der Waals surface area contributed by atoms with Gasteiger partial charge in [0.1, 0.15) is 0 Å². The van der Waals surface area contributed by atoms with E-state index in [1.54, 1.807) is 0 Å². The van der Waals surface area contributed by atoms with E-state index in [1.807, 2.05) is 6.08 Å². The van der Waals surface area contributed by atoms with Crippen molar-refractivity contribution in [3.05, 3.63) is 23.5 Å². The Hall–Kier alpha value is -1.09. The van der Waals surface area contributed by atoms with Crippen LogP contribution >= 0.6 is 0 Å². The molecule has 0 aromatic rings. The second-order valence-electron chi connectivity index (χ2n) is 14.5. The van der Waals surface area contributed by atoms with E-state index in [2.05, 4.69) is 61.5 Å². The molecule has 8 unspecified atom stereocenters. The fourth-order valence-corrected chi connectivity index (χ4v) is 9.74. The third-order valence-corrected chi connectivity index (χ3v) is 12.6. The predicted octanol–water partition coefficient (Wildman–Crippen LogP) is 7.66. The van der Waals surface area contributed by atoms with Crippen LogP contribution in [0.15, 0.2) is 23.5 Å². The van der Waals surface area contributed by atoms with Gasteiger partial charge in [-0.3, -0.25) is 4.79 Å². The molecule has 190 valence electrons. The van der Waals surface area contributed by atoms with Crippen molar-refractivity contribution in [2.75, 3.05) is 6.61 Å². The number of Topliss-reactive ketones (excluding diaryl/α,β-unsaturated/α-hetero) is 1. The van der Waals surface area contributed by atoms with Gasteiger partial charge >= 0.3 is 0 Å². The van der Waals surface area contributed by atoms with Crippen LogP contribution in [0.25, 0.3) is 0 Å². The van der Waals surface area contributed by atoms with Crippen molar-refractivity contribution in [1.29, 1.82) is 0 Å². The second-order valence-corrected chi connectivity index (χ2v) is 14.5. The van der Waals surface area contributed by atoms with Crippen LogP contribution in [0, 0.1) is 51.2 Å². The van der Waals surface area contributed by atoms with Crippen molar-refractivity contribution >= 4 is 5.78 Å². The number of carbonyl (C=O) groups excluding carboxylic acids is 1. The first-order valence-corrected chi connectivity index (χ1v) is 14.0. The van der Waals surface area contributed by atoms with Crippen LogP contribution in [-0.4, -0.2) is 23.1 Å². The van der Waals surface area contributed by atoms with Gasteiger partial charge in [-0.15, -0.1) is 0 Å². The van der Waals surface area contributed by atoms with Crippen molar-refractivity contribution in [2.45, 2.75) is 106 Å². The number of rotatable bonds is 2. The van der Waals surface area contributed by atoms with Gasteiger partial charge in [0.2, 0.25) is 5.78 Å². The zero-order chi connectivity index (χ0) is 24.9. The Bertz CT molecular complexity index is 932. The van der Waals surface area contributed by atoms with E-state index in [1.165, 1.54) is 37.7 Å². The fraction of sp³-hybridized carbons (Fsp3) is 0.839. The van der Waals surface area contributed by atoms with Gasteiger partial charge in [0, 0.05) is 10.8 Å². The van der Waals surface area contributed by atoms with Gasteiger partial charge in [0.05, 0.1) is 12.2 Å². The Kier molecular flexibility index (Phi) is 5.40. The van der Waals surface area contributed by atoms with E-state index in [0.717, 1.165) is 19.4 Å². The molecule has 0 amide bonds. The third kappa shape index (κ3) is 3.01. The molecule has 0 spiro atoms. The lowest BCUT2D eigenvalue weighted by molar-refractivity contribution is -0.141. The van der Waals surface area contributed by atoms with Crippen molar-refractivity contribution in [1.82, 2.24) is 0 Å². The number of aliphatic hydroxyl groups is 1. The molecule has 1 heterocycles. The maximum atomic E-state index is 12.9. The Labute approximate surface area is 207 Å². The molecule has 5 rings (SSSR count). The summed E-state index contributed by atoms with van der Waals surface area (Å²) >= 11 is 0. The Morgan fingerprint density at radius 3 is 2.29 bits per heavy atom. The molecule has 3 fully saturated rings. The van der Waals surface area contributed by atoms with Crippen LogP contribution in [-0.2, 0) is 9.53 Å². The molecule has 0 radical (unpaired) electrons. The lowest BCUT2D eigenvalue weighted by Gasteiger charge is -2.62. The quantitative estimate of drug-likeness (QED) is 0.423. The second kappa shape index (κ2) is 7.46. The lowest BCUT2D eigenvalue weighted by Crippen LogP contribution is -2.56. The average Bonchev–Trinajstić information content (AvgIpc) is 3.04. The van der Waals surface area contributed by atoms with E-state index >= 15 is 0 Å². The molecular formula is C31H48O3. The SMILES string of the molecule is CC(C)C1(C)CCC(C2CCC3(C)C4CCC5C(C)(C)C(=O)C(O)=CC5(C)C4=CCC23C)CO1. The number of aliphatic hydroxyl groups excluding tert-OH is 1. The molecule has 2 saturated carbocycles. The van der Waals surface area contributed by atoms with Gasteiger partial charge in [-0.05, 0) is 98.4 Å². The Balaban J connectivity index is 1.47. The summed E-state index contributed by atoms with van der Waals surface area (Å²) in [6, 6.07) is 0. The molecule has 34 heavy (non-hydrogen) atoms. The van der Waals surface area contributed by atoms with Crippen molar-refractivity contribution in [3.63, 3.8) is 0 Å². The van der Waals surface area contributed by atoms with Gasteiger partial charge in [-0.1, -0.05) is 60.1 Å². The zero-order valence-corrected chi connectivity index (χ0v) is 23.0. The standard InChI is InChI=1S/C31H48O3/c1-19(2)31(8)16-11-20(18-34-31)21-12-14-30(7)23-9-10-25-27(3,4)26(33)24(32)17-28(25,5)22(23)13-15-29(21,30)6/h13,17,19-21,23,25,32H,9-12,14-16,18H2,1-8H3. The minimum absolute atomic E-state index is 0.0133. The topological polar surface area (TPSA) is 46.5 Å².